The molecule has 1 heterocycles. The summed E-state index contributed by atoms with van der Waals surface area (Å²) in [6, 6.07) is 1.91. The minimum atomic E-state index is -2.84. The average Bonchev–Trinajstić information content (AvgIpc) is 2.32. The Morgan fingerprint density at radius 3 is 2.83 bits per heavy atom. The summed E-state index contributed by atoms with van der Waals surface area (Å²) in [6.45, 7) is 0.655. The summed E-state index contributed by atoms with van der Waals surface area (Å²) in [5.74, 6) is 0.311. The Kier molecular flexibility index (Phi) is 3.06. The number of nitriles is 1. The van der Waals surface area contributed by atoms with E-state index in [2.05, 4.69) is 5.32 Å². The first-order valence-corrected chi connectivity index (χ1v) is 5.67. The van der Waals surface area contributed by atoms with E-state index in [1.165, 1.54) is 0 Å². The van der Waals surface area contributed by atoms with E-state index in [4.69, 9.17) is 5.26 Å². The van der Waals surface area contributed by atoms with Crippen LogP contribution in [0.1, 0.15) is 12.8 Å². The second-order valence-corrected chi connectivity index (χ2v) is 5.32. The predicted molar refractivity (Wildman–Crippen MR) is 45.3 cm³/mol. The summed E-state index contributed by atoms with van der Waals surface area (Å²) in [6.07, 6.45) is 1.50. The molecule has 68 valence electrons. The molecule has 0 aromatic carbocycles. The maximum absolute atomic E-state index is 11.2. The van der Waals surface area contributed by atoms with Gasteiger partial charge in [-0.15, -0.1) is 0 Å². The molecule has 1 N–H and O–H groups in total. The Hall–Kier alpha value is -0.600. The summed E-state index contributed by atoms with van der Waals surface area (Å²) in [5.41, 5.74) is 0. The minimum absolute atomic E-state index is 0.228. The van der Waals surface area contributed by atoms with Gasteiger partial charge in [-0.05, 0) is 12.8 Å². The van der Waals surface area contributed by atoms with Crippen LogP contribution in [0.15, 0.2) is 0 Å². The van der Waals surface area contributed by atoms with Gasteiger partial charge in [-0.1, -0.05) is 0 Å². The van der Waals surface area contributed by atoms with Gasteiger partial charge in [-0.3, -0.25) is 0 Å². The van der Waals surface area contributed by atoms with E-state index in [-0.39, 0.29) is 11.8 Å². The van der Waals surface area contributed by atoms with Crippen LogP contribution in [-0.4, -0.2) is 32.5 Å². The largest absolute Gasteiger partial charge is 0.303 e. The van der Waals surface area contributed by atoms with Crippen LogP contribution >= 0.6 is 0 Å². The van der Waals surface area contributed by atoms with Crippen molar-refractivity contribution in [1.82, 2.24) is 5.32 Å². The van der Waals surface area contributed by atoms with E-state index in [1.807, 2.05) is 6.07 Å². The standard InChI is InChI=1S/C7H12N2O2S/c8-3-4-9-6-7-2-1-5-12(7,10)11/h7,9H,1-2,4-6H2. The molecule has 5 heteroatoms. The first kappa shape index (κ1) is 9.49. The number of hydrogen-bond donors (Lipinski definition) is 1. The zero-order valence-corrected chi connectivity index (χ0v) is 7.60. The average molecular weight is 188 g/mol. The second kappa shape index (κ2) is 3.87. The van der Waals surface area contributed by atoms with Crippen LogP contribution in [-0.2, 0) is 9.84 Å². The van der Waals surface area contributed by atoms with Gasteiger partial charge >= 0.3 is 0 Å². The fourth-order valence-electron chi connectivity index (χ4n) is 1.38. The van der Waals surface area contributed by atoms with Crippen molar-refractivity contribution < 1.29 is 8.42 Å². The highest BCUT2D eigenvalue weighted by molar-refractivity contribution is 7.92. The predicted octanol–water partition coefficient (Wildman–Crippen LogP) is -0.323. The molecule has 12 heavy (non-hydrogen) atoms. The van der Waals surface area contributed by atoms with E-state index in [0.717, 1.165) is 12.8 Å². The van der Waals surface area contributed by atoms with E-state index in [9.17, 15) is 8.42 Å². The zero-order chi connectivity index (χ0) is 9.03. The lowest BCUT2D eigenvalue weighted by molar-refractivity contribution is 0.580. The maximum Gasteiger partial charge on any atom is 0.154 e. The third-order valence-electron chi connectivity index (χ3n) is 2.04. The van der Waals surface area contributed by atoms with Crippen LogP contribution in [0.3, 0.4) is 0 Å². The Bertz CT molecular complexity index is 278. The van der Waals surface area contributed by atoms with Crippen LogP contribution in [0.2, 0.25) is 0 Å². The van der Waals surface area contributed by atoms with Crippen molar-refractivity contribution in [2.75, 3.05) is 18.8 Å². The molecule has 4 nitrogen and oxygen atoms in total. The third-order valence-corrected chi connectivity index (χ3v) is 4.31. The molecule has 0 radical (unpaired) electrons. The Balaban J connectivity index is 2.39. The van der Waals surface area contributed by atoms with Crippen molar-refractivity contribution in [2.24, 2.45) is 0 Å². The molecule has 0 spiro atoms. The molecular formula is C7H12N2O2S. The van der Waals surface area contributed by atoms with Gasteiger partial charge in [-0.25, -0.2) is 8.42 Å². The molecule has 1 aliphatic rings. The van der Waals surface area contributed by atoms with Crippen molar-refractivity contribution in [3.8, 4) is 6.07 Å². The number of hydrogen-bond acceptors (Lipinski definition) is 4. The van der Waals surface area contributed by atoms with Crippen LogP contribution in [0.5, 0.6) is 0 Å². The number of nitrogens with zero attached hydrogens (tertiary/aromatic N) is 1. The Morgan fingerprint density at radius 1 is 1.58 bits per heavy atom. The van der Waals surface area contributed by atoms with Crippen LogP contribution in [0, 0.1) is 11.3 Å². The lowest BCUT2D eigenvalue weighted by Crippen LogP contribution is -2.30. The lowest BCUT2D eigenvalue weighted by atomic mass is 10.2. The summed E-state index contributed by atoms with van der Waals surface area (Å²) in [5, 5.41) is 10.7. The molecule has 0 amide bonds. The molecule has 0 aromatic rings. The molecule has 1 unspecified atom stereocenters. The molecule has 0 saturated carbocycles. The van der Waals surface area contributed by atoms with E-state index >= 15 is 0 Å². The third kappa shape index (κ3) is 2.19. The SMILES string of the molecule is N#CCNCC1CCCS1(=O)=O. The normalized spacial score (nSPS) is 26.8. The van der Waals surface area contributed by atoms with Gasteiger partial charge in [0.05, 0.1) is 23.6 Å². The first-order valence-electron chi connectivity index (χ1n) is 3.96. The quantitative estimate of drug-likeness (QED) is 0.486. The molecule has 1 rings (SSSR count). The first-order chi connectivity index (χ1) is 5.67. The van der Waals surface area contributed by atoms with Gasteiger partial charge in [0, 0.05) is 6.54 Å². The van der Waals surface area contributed by atoms with Crippen molar-refractivity contribution >= 4 is 9.84 Å². The summed E-state index contributed by atoms with van der Waals surface area (Å²) < 4.78 is 22.5. The summed E-state index contributed by atoms with van der Waals surface area (Å²) >= 11 is 0. The topological polar surface area (TPSA) is 70.0 Å². The lowest BCUT2D eigenvalue weighted by Gasteiger charge is -2.07. The molecule has 1 fully saturated rings. The van der Waals surface area contributed by atoms with Gasteiger partial charge in [0.15, 0.2) is 9.84 Å². The van der Waals surface area contributed by atoms with Gasteiger partial charge < -0.3 is 5.32 Å². The van der Waals surface area contributed by atoms with E-state index in [1.54, 1.807) is 0 Å². The second-order valence-electron chi connectivity index (χ2n) is 2.92. The summed E-state index contributed by atoms with van der Waals surface area (Å²) in [4.78, 5) is 0. The molecule has 0 aliphatic carbocycles. The Morgan fingerprint density at radius 2 is 2.33 bits per heavy atom. The minimum Gasteiger partial charge on any atom is -0.303 e. The van der Waals surface area contributed by atoms with Crippen molar-refractivity contribution in [1.29, 1.82) is 5.26 Å². The fraction of sp³-hybridized carbons (Fsp3) is 0.857. The van der Waals surface area contributed by atoms with Crippen LogP contribution in [0.4, 0.5) is 0 Å². The number of rotatable bonds is 3. The van der Waals surface area contributed by atoms with E-state index in [0.29, 0.717) is 12.3 Å². The highest BCUT2D eigenvalue weighted by atomic mass is 32.2. The van der Waals surface area contributed by atoms with Crippen molar-refractivity contribution in [2.45, 2.75) is 18.1 Å². The zero-order valence-electron chi connectivity index (χ0n) is 6.78. The number of nitrogens with one attached hydrogen (secondary N) is 1. The summed E-state index contributed by atoms with van der Waals surface area (Å²) in [7, 11) is -2.84. The van der Waals surface area contributed by atoms with Gasteiger partial charge in [0.25, 0.3) is 0 Å². The Labute approximate surface area is 72.5 Å². The smallest absolute Gasteiger partial charge is 0.154 e. The van der Waals surface area contributed by atoms with Crippen LogP contribution < -0.4 is 5.32 Å². The highest BCUT2D eigenvalue weighted by Crippen LogP contribution is 2.18. The molecular weight excluding hydrogens is 176 g/mol. The van der Waals surface area contributed by atoms with Crippen molar-refractivity contribution in [3.63, 3.8) is 0 Å². The van der Waals surface area contributed by atoms with Gasteiger partial charge in [0.1, 0.15) is 0 Å². The molecule has 1 atom stereocenters. The molecule has 0 aromatic heterocycles. The monoisotopic (exact) mass is 188 g/mol. The molecule has 1 aliphatic heterocycles. The van der Waals surface area contributed by atoms with E-state index < -0.39 is 9.84 Å². The van der Waals surface area contributed by atoms with Gasteiger partial charge in [0.2, 0.25) is 0 Å². The molecule has 1 saturated heterocycles. The van der Waals surface area contributed by atoms with Crippen molar-refractivity contribution in [3.05, 3.63) is 0 Å². The van der Waals surface area contributed by atoms with Gasteiger partial charge in [-0.2, -0.15) is 5.26 Å². The van der Waals surface area contributed by atoms with Crippen LogP contribution in [0.25, 0.3) is 0 Å². The molecule has 0 bridgehead atoms. The number of sulfone groups is 1. The fourth-order valence-corrected chi connectivity index (χ4v) is 3.18. The highest BCUT2D eigenvalue weighted by Gasteiger charge is 2.30. The maximum atomic E-state index is 11.2.